The Kier molecular flexibility index (Phi) is 6.89. The van der Waals surface area contributed by atoms with Crippen LogP contribution in [0.5, 0.6) is 0 Å². The lowest BCUT2D eigenvalue weighted by Crippen LogP contribution is -2.12. The minimum Gasteiger partial charge on any atom is -0.463 e. The summed E-state index contributed by atoms with van der Waals surface area (Å²) in [6.45, 7) is 2.09. The van der Waals surface area contributed by atoms with Crippen LogP contribution >= 0.6 is 0 Å². The summed E-state index contributed by atoms with van der Waals surface area (Å²) in [4.78, 5) is 27.8. The monoisotopic (exact) mass is 391 g/mol. The van der Waals surface area contributed by atoms with Gasteiger partial charge in [-0.3, -0.25) is 4.79 Å². The van der Waals surface area contributed by atoms with Gasteiger partial charge in [-0.05, 0) is 30.7 Å². The maximum atomic E-state index is 12.2. The van der Waals surface area contributed by atoms with Crippen LogP contribution in [0.25, 0.3) is 17.5 Å². The van der Waals surface area contributed by atoms with Gasteiger partial charge in [-0.15, -0.1) is 0 Å². The van der Waals surface area contributed by atoms with Crippen LogP contribution in [-0.4, -0.2) is 28.6 Å². The van der Waals surface area contributed by atoms with Crippen LogP contribution in [0.1, 0.15) is 24.8 Å². The van der Waals surface area contributed by atoms with Gasteiger partial charge in [0.25, 0.3) is 0 Å². The topological polar surface area (TPSA) is 94.3 Å². The molecule has 1 N–H and O–H groups in total. The second kappa shape index (κ2) is 9.98. The third-order valence-electron chi connectivity index (χ3n) is 3.96. The molecule has 0 fully saturated rings. The molecule has 0 radical (unpaired) electrons. The van der Waals surface area contributed by atoms with E-state index in [0.717, 1.165) is 11.1 Å². The number of aryl methyl sites for hydroxylation is 1. The Balaban J connectivity index is 1.48. The van der Waals surface area contributed by atoms with E-state index in [1.165, 1.54) is 6.08 Å². The van der Waals surface area contributed by atoms with Gasteiger partial charge in [0.05, 0.1) is 6.61 Å². The van der Waals surface area contributed by atoms with E-state index in [-0.39, 0.29) is 18.3 Å². The van der Waals surface area contributed by atoms with Crippen molar-refractivity contribution in [3.05, 3.63) is 72.1 Å². The Hall–Kier alpha value is -3.74. The molecule has 3 rings (SSSR count). The number of carbonyl (C=O) groups is 2. The molecule has 0 saturated carbocycles. The van der Waals surface area contributed by atoms with Gasteiger partial charge in [0.15, 0.2) is 0 Å². The standard InChI is InChI=1S/C22H21N3O4/c1-2-28-21(27)15-10-16-8-11-18(12-9-16)23-19(26)13-14-20-24-22(25-29-20)17-6-4-3-5-7-17/h3-12,15H,2,13-14H2,1H3,(H,23,26). The number of rotatable bonds is 8. The lowest BCUT2D eigenvalue weighted by atomic mass is 10.2. The maximum Gasteiger partial charge on any atom is 0.330 e. The Bertz CT molecular complexity index is 979. The average molecular weight is 391 g/mol. The third-order valence-corrected chi connectivity index (χ3v) is 3.96. The van der Waals surface area contributed by atoms with Crippen LogP contribution in [0.4, 0.5) is 5.69 Å². The summed E-state index contributed by atoms with van der Waals surface area (Å²) in [5.41, 5.74) is 2.36. The van der Waals surface area contributed by atoms with Crippen LogP contribution < -0.4 is 5.32 Å². The second-order valence-electron chi connectivity index (χ2n) is 6.13. The van der Waals surface area contributed by atoms with Gasteiger partial charge in [-0.1, -0.05) is 47.6 Å². The lowest BCUT2D eigenvalue weighted by molar-refractivity contribution is -0.137. The minimum atomic E-state index is -0.388. The van der Waals surface area contributed by atoms with E-state index in [1.807, 2.05) is 30.3 Å². The number of hydrogen-bond donors (Lipinski definition) is 1. The van der Waals surface area contributed by atoms with Gasteiger partial charge in [-0.25, -0.2) is 4.79 Å². The summed E-state index contributed by atoms with van der Waals surface area (Å²) in [6.07, 6.45) is 3.60. The summed E-state index contributed by atoms with van der Waals surface area (Å²) in [5, 5.41) is 6.76. The van der Waals surface area contributed by atoms with Gasteiger partial charge < -0.3 is 14.6 Å². The SMILES string of the molecule is CCOC(=O)C=Cc1ccc(NC(=O)CCc2nc(-c3ccccc3)no2)cc1. The zero-order valence-corrected chi connectivity index (χ0v) is 16.0. The quantitative estimate of drug-likeness (QED) is 0.462. The molecular weight excluding hydrogens is 370 g/mol. The van der Waals surface area contributed by atoms with Gasteiger partial charge in [-0.2, -0.15) is 4.98 Å². The van der Waals surface area contributed by atoms with Crippen molar-refractivity contribution in [1.29, 1.82) is 0 Å². The molecule has 0 aliphatic carbocycles. The molecule has 2 aromatic carbocycles. The molecule has 148 valence electrons. The van der Waals surface area contributed by atoms with Crippen LogP contribution in [0, 0.1) is 0 Å². The summed E-state index contributed by atoms with van der Waals surface area (Å²) < 4.78 is 10.0. The number of carbonyl (C=O) groups excluding carboxylic acids is 2. The van der Waals surface area contributed by atoms with Crippen molar-refractivity contribution in [1.82, 2.24) is 10.1 Å². The number of benzene rings is 2. The van der Waals surface area contributed by atoms with Crippen LogP contribution in [0.15, 0.2) is 65.2 Å². The Labute approximate surface area is 168 Å². The molecule has 0 unspecified atom stereocenters. The summed E-state index contributed by atoms with van der Waals surface area (Å²) in [7, 11) is 0. The van der Waals surface area contributed by atoms with E-state index in [0.29, 0.717) is 30.4 Å². The molecule has 0 saturated heterocycles. The Morgan fingerprint density at radius 2 is 1.86 bits per heavy atom. The third kappa shape index (κ3) is 6.14. The normalized spacial score (nSPS) is 10.8. The zero-order valence-electron chi connectivity index (χ0n) is 16.0. The highest BCUT2D eigenvalue weighted by molar-refractivity contribution is 5.91. The summed E-state index contributed by atoms with van der Waals surface area (Å²) in [5.74, 6) is 0.381. The van der Waals surface area contributed by atoms with E-state index >= 15 is 0 Å². The first-order valence-corrected chi connectivity index (χ1v) is 9.27. The predicted molar refractivity (Wildman–Crippen MR) is 109 cm³/mol. The van der Waals surface area contributed by atoms with Crippen LogP contribution in [0.2, 0.25) is 0 Å². The molecule has 0 aliphatic rings. The van der Waals surface area contributed by atoms with Crippen molar-refractivity contribution < 1.29 is 18.8 Å². The first kappa shape index (κ1) is 20.0. The van der Waals surface area contributed by atoms with Gasteiger partial charge in [0.2, 0.25) is 17.6 Å². The number of anilines is 1. The predicted octanol–water partition coefficient (Wildman–Crippen LogP) is 3.88. The summed E-state index contributed by atoms with van der Waals surface area (Å²) in [6, 6.07) is 16.6. The molecule has 1 amide bonds. The van der Waals surface area contributed by atoms with Crippen molar-refractivity contribution in [2.24, 2.45) is 0 Å². The smallest absolute Gasteiger partial charge is 0.330 e. The van der Waals surface area contributed by atoms with Crippen molar-refractivity contribution in [3.8, 4) is 11.4 Å². The molecule has 0 spiro atoms. The highest BCUT2D eigenvalue weighted by Crippen LogP contribution is 2.16. The highest BCUT2D eigenvalue weighted by atomic mass is 16.5. The molecule has 1 aromatic heterocycles. The Morgan fingerprint density at radius 3 is 2.59 bits per heavy atom. The first-order valence-electron chi connectivity index (χ1n) is 9.27. The van der Waals surface area contributed by atoms with Crippen molar-refractivity contribution in [2.45, 2.75) is 19.8 Å². The van der Waals surface area contributed by atoms with E-state index in [1.54, 1.807) is 37.3 Å². The fraction of sp³-hybridized carbons (Fsp3) is 0.182. The molecule has 1 heterocycles. The zero-order chi connectivity index (χ0) is 20.5. The molecule has 0 bridgehead atoms. The number of hydrogen-bond acceptors (Lipinski definition) is 6. The van der Waals surface area contributed by atoms with Crippen LogP contribution in [-0.2, 0) is 20.7 Å². The number of ether oxygens (including phenoxy) is 1. The minimum absolute atomic E-state index is 0.153. The molecule has 0 atom stereocenters. The van der Waals surface area contributed by atoms with E-state index in [4.69, 9.17) is 9.26 Å². The van der Waals surface area contributed by atoms with Gasteiger partial charge >= 0.3 is 5.97 Å². The van der Waals surface area contributed by atoms with Crippen molar-refractivity contribution in [2.75, 3.05) is 11.9 Å². The average Bonchev–Trinajstić information content (AvgIpc) is 3.22. The van der Waals surface area contributed by atoms with Gasteiger partial charge in [0, 0.05) is 30.2 Å². The highest BCUT2D eigenvalue weighted by Gasteiger charge is 2.10. The maximum absolute atomic E-state index is 12.2. The number of esters is 1. The van der Waals surface area contributed by atoms with Crippen molar-refractivity contribution >= 4 is 23.6 Å². The number of aromatic nitrogens is 2. The van der Waals surface area contributed by atoms with Crippen molar-refractivity contribution in [3.63, 3.8) is 0 Å². The first-order chi connectivity index (χ1) is 14.1. The lowest BCUT2D eigenvalue weighted by Gasteiger charge is -2.04. The fourth-order valence-electron chi connectivity index (χ4n) is 2.54. The second-order valence-corrected chi connectivity index (χ2v) is 6.13. The van der Waals surface area contributed by atoms with E-state index in [9.17, 15) is 9.59 Å². The molecule has 3 aromatic rings. The molecule has 0 aliphatic heterocycles. The van der Waals surface area contributed by atoms with E-state index in [2.05, 4.69) is 15.5 Å². The molecule has 7 heteroatoms. The molecule has 29 heavy (non-hydrogen) atoms. The Morgan fingerprint density at radius 1 is 1.10 bits per heavy atom. The molecule has 7 nitrogen and oxygen atoms in total. The summed E-state index contributed by atoms with van der Waals surface area (Å²) >= 11 is 0. The van der Waals surface area contributed by atoms with Crippen LogP contribution in [0.3, 0.4) is 0 Å². The fourth-order valence-corrected chi connectivity index (χ4v) is 2.54. The number of amides is 1. The number of nitrogens with zero attached hydrogens (tertiary/aromatic N) is 2. The largest absolute Gasteiger partial charge is 0.463 e. The van der Waals surface area contributed by atoms with E-state index < -0.39 is 0 Å². The number of nitrogens with one attached hydrogen (secondary N) is 1. The molecular formula is C22H21N3O4. The van der Waals surface area contributed by atoms with Gasteiger partial charge in [0.1, 0.15) is 0 Å².